The Kier molecular flexibility index (Phi) is 3.14. The van der Waals surface area contributed by atoms with Gasteiger partial charge < -0.3 is 4.74 Å². The van der Waals surface area contributed by atoms with E-state index < -0.39 is 0 Å². The molecule has 0 spiro atoms. The molecule has 1 aromatic carbocycles. The summed E-state index contributed by atoms with van der Waals surface area (Å²) in [7, 11) is 0. The summed E-state index contributed by atoms with van der Waals surface area (Å²) in [5.74, 6) is 3.00. The molecule has 18 heavy (non-hydrogen) atoms. The Balaban J connectivity index is 1.92. The minimum Gasteiger partial charge on any atom is -0.488 e. The maximum Gasteiger partial charge on any atom is 0.235 e. The van der Waals surface area contributed by atoms with Gasteiger partial charge in [-0.3, -0.25) is 0 Å². The first-order chi connectivity index (χ1) is 8.84. The van der Waals surface area contributed by atoms with Crippen molar-refractivity contribution in [2.24, 2.45) is 4.99 Å². The fourth-order valence-electron chi connectivity index (χ4n) is 2.46. The van der Waals surface area contributed by atoms with E-state index in [1.165, 1.54) is 0 Å². The van der Waals surface area contributed by atoms with E-state index in [0.29, 0.717) is 6.10 Å². The summed E-state index contributed by atoms with van der Waals surface area (Å²) in [6, 6.07) is 7.97. The summed E-state index contributed by atoms with van der Waals surface area (Å²) in [5.41, 5.74) is 0.686. The number of isocyanates is 1. The Morgan fingerprint density at radius 1 is 1.33 bits per heavy atom. The molecule has 0 unspecified atom stereocenters. The highest BCUT2D eigenvalue weighted by Crippen LogP contribution is 2.48. The minimum absolute atomic E-state index is 0.313. The molecule has 1 heterocycles. The smallest absolute Gasteiger partial charge is 0.235 e. The lowest BCUT2D eigenvalue weighted by Gasteiger charge is -2.39. The second kappa shape index (κ2) is 4.79. The molecule has 1 aliphatic carbocycles. The van der Waals surface area contributed by atoms with Crippen molar-refractivity contribution in [2.75, 3.05) is 11.5 Å². The lowest BCUT2D eigenvalue weighted by atomic mass is 9.72. The number of nitrogens with zero attached hydrogens (tertiary/aromatic N) is 1. The van der Waals surface area contributed by atoms with Gasteiger partial charge in [-0.1, -0.05) is 18.2 Å². The molecule has 0 aromatic heterocycles. The molecule has 4 heteroatoms. The van der Waals surface area contributed by atoms with Crippen molar-refractivity contribution in [3.8, 4) is 5.75 Å². The Hall–Kier alpha value is -1.25. The first-order valence-corrected chi connectivity index (χ1v) is 7.42. The van der Waals surface area contributed by atoms with Gasteiger partial charge in [-0.15, -0.1) is 0 Å². The van der Waals surface area contributed by atoms with E-state index in [2.05, 4.69) is 4.99 Å². The standard InChI is InChI=1S/C14H15NO2S/c16-10-15-14(6-3-7-14)12-4-1-2-5-13(12)17-11-8-18-9-11/h1-2,4-5,11H,3,6-9H2. The summed E-state index contributed by atoms with van der Waals surface area (Å²) in [5, 5.41) is 0. The van der Waals surface area contributed by atoms with Gasteiger partial charge in [0.15, 0.2) is 0 Å². The molecule has 2 aliphatic rings. The number of hydrogen-bond acceptors (Lipinski definition) is 4. The molecule has 1 aliphatic heterocycles. The summed E-state index contributed by atoms with van der Waals surface area (Å²) < 4.78 is 6.00. The van der Waals surface area contributed by atoms with Crippen molar-refractivity contribution < 1.29 is 9.53 Å². The molecule has 1 saturated heterocycles. The molecule has 1 aromatic rings. The van der Waals surface area contributed by atoms with Crippen LogP contribution in [0.25, 0.3) is 0 Å². The van der Waals surface area contributed by atoms with E-state index in [0.717, 1.165) is 42.1 Å². The molecule has 0 atom stereocenters. The molecule has 0 N–H and O–H groups in total. The van der Waals surface area contributed by atoms with Crippen LogP contribution in [0.5, 0.6) is 5.75 Å². The average molecular weight is 261 g/mol. The molecular weight excluding hydrogens is 246 g/mol. The second-order valence-corrected chi connectivity index (χ2v) is 5.94. The summed E-state index contributed by atoms with van der Waals surface area (Å²) >= 11 is 1.90. The maximum atomic E-state index is 10.7. The Morgan fingerprint density at radius 3 is 2.67 bits per heavy atom. The number of carbonyl (C=O) groups excluding carboxylic acids is 1. The maximum absolute atomic E-state index is 10.7. The van der Waals surface area contributed by atoms with Crippen LogP contribution < -0.4 is 4.74 Å². The van der Waals surface area contributed by atoms with Gasteiger partial charge in [-0.25, -0.2) is 4.79 Å². The van der Waals surface area contributed by atoms with Crippen molar-refractivity contribution in [2.45, 2.75) is 30.9 Å². The first kappa shape index (κ1) is 11.8. The van der Waals surface area contributed by atoms with Crippen LogP contribution in [0.2, 0.25) is 0 Å². The van der Waals surface area contributed by atoms with Crippen molar-refractivity contribution in [1.82, 2.24) is 0 Å². The van der Waals surface area contributed by atoms with Gasteiger partial charge in [0.2, 0.25) is 6.08 Å². The SMILES string of the molecule is O=C=NC1(c2ccccc2OC2CSC2)CCC1. The Labute approximate surface area is 111 Å². The summed E-state index contributed by atoms with van der Waals surface area (Å²) in [6.45, 7) is 0. The van der Waals surface area contributed by atoms with E-state index in [4.69, 9.17) is 4.74 Å². The van der Waals surface area contributed by atoms with Crippen LogP contribution >= 0.6 is 11.8 Å². The van der Waals surface area contributed by atoms with Crippen LogP contribution in [-0.4, -0.2) is 23.7 Å². The largest absolute Gasteiger partial charge is 0.488 e. The topological polar surface area (TPSA) is 38.7 Å². The van der Waals surface area contributed by atoms with Gasteiger partial charge in [-0.2, -0.15) is 16.8 Å². The van der Waals surface area contributed by atoms with Gasteiger partial charge in [0.05, 0.1) is 0 Å². The number of aliphatic imine (C=N–C) groups is 1. The Bertz CT molecular complexity index is 488. The molecule has 2 fully saturated rings. The number of thioether (sulfide) groups is 1. The van der Waals surface area contributed by atoms with Crippen LogP contribution in [-0.2, 0) is 10.3 Å². The normalized spacial score (nSPS) is 21.3. The van der Waals surface area contributed by atoms with Crippen molar-refractivity contribution in [3.05, 3.63) is 29.8 Å². The van der Waals surface area contributed by atoms with Gasteiger partial charge in [0, 0.05) is 17.1 Å². The third kappa shape index (κ3) is 1.96. The highest BCUT2D eigenvalue weighted by molar-refractivity contribution is 8.00. The number of benzene rings is 1. The summed E-state index contributed by atoms with van der Waals surface area (Å²) in [6.07, 6.45) is 4.99. The summed E-state index contributed by atoms with van der Waals surface area (Å²) in [4.78, 5) is 14.7. The van der Waals surface area contributed by atoms with Crippen molar-refractivity contribution in [1.29, 1.82) is 0 Å². The molecule has 94 valence electrons. The van der Waals surface area contributed by atoms with E-state index in [1.54, 1.807) is 6.08 Å². The molecule has 1 saturated carbocycles. The van der Waals surface area contributed by atoms with Crippen LogP contribution in [0, 0.1) is 0 Å². The zero-order chi connectivity index (χ0) is 12.4. The zero-order valence-electron chi connectivity index (χ0n) is 10.1. The molecule has 0 amide bonds. The highest BCUT2D eigenvalue weighted by atomic mass is 32.2. The zero-order valence-corrected chi connectivity index (χ0v) is 10.9. The van der Waals surface area contributed by atoms with Crippen LogP contribution in [0.4, 0.5) is 0 Å². The highest BCUT2D eigenvalue weighted by Gasteiger charge is 2.41. The van der Waals surface area contributed by atoms with Crippen LogP contribution in [0.3, 0.4) is 0 Å². The molecule has 3 rings (SSSR count). The fourth-order valence-corrected chi connectivity index (χ4v) is 3.02. The van der Waals surface area contributed by atoms with Crippen LogP contribution in [0.15, 0.2) is 29.3 Å². The molecule has 3 nitrogen and oxygen atoms in total. The second-order valence-electron chi connectivity index (χ2n) is 4.86. The van der Waals surface area contributed by atoms with Gasteiger partial charge in [-0.05, 0) is 25.3 Å². The van der Waals surface area contributed by atoms with E-state index in [1.807, 2.05) is 36.0 Å². The predicted molar refractivity (Wildman–Crippen MR) is 71.8 cm³/mol. The number of ether oxygens (including phenoxy) is 1. The first-order valence-electron chi connectivity index (χ1n) is 6.27. The van der Waals surface area contributed by atoms with Gasteiger partial charge >= 0.3 is 0 Å². The lowest BCUT2D eigenvalue weighted by Crippen LogP contribution is -2.35. The van der Waals surface area contributed by atoms with Crippen molar-refractivity contribution >= 4 is 17.8 Å². The third-order valence-electron chi connectivity index (χ3n) is 3.73. The molecular formula is C14H15NO2S. The average Bonchev–Trinajstić information content (AvgIpc) is 2.29. The van der Waals surface area contributed by atoms with E-state index >= 15 is 0 Å². The fraction of sp³-hybridized carbons (Fsp3) is 0.500. The third-order valence-corrected chi connectivity index (χ3v) is 4.94. The Morgan fingerprint density at radius 2 is 2.11 bits per heavy atom. The lowest BCUT2D eigenvalue weighted by molar-refractivity contribution is 0.210. The number of rotatable bonds is 4. The van der Waals surface area contributed by atoms with E-state index in [-0.39, 0.29) is 5.54 Å². The molecule has 0 bridgehead atoms. The van der Waals surface area contributed by atoms with Crippen molar-refractivity contribution in [3.63, 3.8) is 0 Å². The van der Waals surface area contributed by atoms with E-state index in [9.17, 15) is 4.79 Å². The molecule has 0 radical (unpaired) electrons. The quantitative estimate of drug-likeness (QED) is 0.618. The minimum atomic E-state index is -0.366. The monoisotopic (exact) mass is 261 g/mol. The predicted octanol–water partition coefficient (Wildman–Crippen LogP) is 2.90. The van der Waals surface area contributed by atoms with Gasteiger partial charge in [0.1, 0.15) is 17.4 Å². The van der Waals surface area contributed by atoms with Gasteiger partial charge in [0.25, 0.3) is 0 Å². The number of para-hydroxylation sites is 1. The van der Waals surface area contributed by atoms with Crippen LogP contribution in [0.1, 0.15) is 24.8 Å². The number of hydrogen-bond donors (Lipinski definition) is 0.